The molecule has 0 bridgehead atoms. The molecule has 0 unspecified atom stereocenters. The summed E-state index contributed by atoms with van der Waals surface area (Å²) in [7, 11) is 0. The molecule has 2 atom stereocenters. The van der Waals surface area contributed by atoms with Crippen molar-refractivity contribution in [2.24, 2.45) is 5.73 Å². The summed E-state index contributed by atoms with van der Waals surface area (Å²) in [6.45, 7) is 1.33. The van der Waals surface area contributed by atoms with Gasteiger partial charge in [-0.15, -0.1) is 0 Å². The van der Waals surface area contributed by atoms with E-state index < -0.39 is 18.1 Å². The molecule has 0 radical (unpaired) electrons. The van der Waals surface area contributed by atoms with Crippen molar-refractivity contribution in [3.63, 3.8) is 0 Å². The van der Waals surface area contributed by atoms with Crippen LogP contribution in [0.3, 0.4) is 0 Å². The molecule has 0 rings (SSSR count). The fourth-order valence-electron chi connectivity index (χ4n) is 0.206. The predicted molar refractivity (Wildman–Crippen MR) is 28.4 cm³/mol. The van der Waals surface area contributed by atoms with E-state index >= 15 is 0 Å². The van der Waals surface area contributed by atoms with Crippen molar-refractivity contribution >= 4 is 5.97 Å². The van der Waals surface area contributed by atoms with Crippen molar-refractivity contribution in [3.8, 4) is 0 Å². The minimum atomic E-state index is -1.18. The molecule has 9 heavy (non-hydrogen) atoms. The van der Waals surface area contributed by atoms with Gasteiger partial charge in [-0.3, -0.25) is 4.79 Å². The zero-order chi connectivity index (χ0) is 6.73. The summed E-state index contributed by atoms with van der Waals surface area (Å²) >= 11 is 0. The van der Waals surface area contributed by atoms with Gasteiger partial charge < -0.3 is 17.4 Å². The van der Waals surface area contributed by atoms with E-state index in [1.54, 1.807) is 0 Å². The van der Waals surface area contributed by atoms with Crippen LogP contribution in [0.25, 0.3) is 0 Å². The van der Waals surface area contributed by atoms with Crippen LogP contribution < -0.4 is 57.1 Å². The van der Waals surface area contributed by atoms with Gasteiger partial charge in [0.25, 0.3) is 0 Å². The maximum atomic E-state index is 9.86. The van der Waals surface area contributed by atoms with Gasteiger partial charge in [0.2, 0.25) is 0 Å². The van der Waals surface area contributed by atoms with Gasteiger partial charge in [0, 0.05) is 0 Å². The van der Waals surface area contributed by atoms with Gasteiger partial charge in [-0.05, 0) is 6.92 Å². The van der Waals surface area contributed by atoms with Crippen LogP contribution in [0.2, 0.25) is 0 Å². The SMILES string of the molecule is C[C@@H](O)[C@H](N)C(=O)O.[H-].[K+]. The van der Waals surface area contributed by atoms with Crippen LogP contribution in [-0.4, -0.2) is 28.3 Å². The molecule has 5 heteroatoms. The van der Waals surface area contributed by atoms with Gasteiger partial charge in [0.15, 0.2) is 0 Å². The van der Waals surface area contributed by atoms with Crippen LogP contribution in [0.1, 0.15) is 8.35 Å². The Morgan fingerprint density at radius 1 is 1.78 bits per heavy atom. The van der Waals surface area contributed by atoms with E-state index in [1.165, 1.54) is 6.92 Å². The fraction of sp³-hybridized carbons (Fsp3) is 0.750. The minimum absolute atomic E-state index is 0. The smallest absolute Gasteiger partial charge is 1.00 e. The summed E-state index contributed by atoms with van der Waals surface area (Å²) in [5.41, 5.74) is 4.91. The summed E-state index contributed by atoms with van der Waals surface area (Å²) in [6, 6.07) is -1.16. The van der Waals surface area contributed by atoms with Crippen LogP contribution in [0, 0.1) is 0 Å². The van der Waals surface area contributed by atoms with E-state index in [0.717, 1.165) is 0 Å². The first kappa shape index (κ1) is 12.7. The number of aliphatic hydroxyl groups is 1. The van der Waals surface area contributed by atoms with Crippen molar-refractivity contribution in [2.45, 2.75) is 19.1 Å². The molecule has 0 saturated heterocycles. The molecule has 0 amide bonds. The molecule has 0 heterocycles. The minimum Gasteiger partial charge on any atom is -1.00 e. The average molecular weight is 159 g/mol. The molecule has 50 valence electrons. The third-order valence-electron chi connectivity index (χ3n) is 0.805. The number of carboxylic acids is 1. The summed E-state index contributed by atoms with van der Waals surface area (Å²) < 4.78 is 0. The van der Waals surface area contributed by atoms with Crippen LogP contribution >= 0.6 is 0 Å². The number of hydrogen-bond donors (Lipinski definition) is 3. The molecule has 0 aromatic carbocycles. The Balaban J connectivity index is -0.000000245. The monoisotopic (exact) mass is 159 g/mol. The topological polar surface area (TPSA) is 83.5 Å². The molecule has 4 nitrogen and oxygen atoms in total. The van der Waals surface area contributed by atoms with Crippen LogP contribution in [0.4, 0.5) is 0 Å². The average Bonchev–Trinajstić information content (AvgIpc) is 1.64. The number of carboxylic acid groups (broad SMARTS) is 1. The molecule has 0 spiro atoms. The van der Waals surface area contributed by atoms with Crippen molar-refractivity contribution in [1.29, 1.82) is 0 Å². The largest absolute Gasteiger partial charge is 1.00 e. The number of nitrogens with two attached hydrogens (primary N) is 1. The van der Waals surface area contributed by atoms with E-state index in [2.05, 4.69) is 0 Å². The molecule has 0 saturated carbocycles. The van der Waals surface area contributed by atoms with Crippen LogP contribution in [-0.2, 0) is 4.79 Å². The van der Waals surface area contributed by atoms with Crippen molar-refractivity contribution in [3.05, 3.63) is 0 Å². The Kier molecular flexibility index (Phi) is 8.15. The van der Waals surface area contributed by atoms with Gasteiger partial charge in [0.1, 0.15) is 6.04 Å². The van der Waals surface area contributed by atoms with E-state index in [9.17, 15) is 4.79 Å². The Morgan fingerprint density at radius 3 is 2.11 bits per heavy atom. The summed E-state index contributed by atoms with van der Waals surface area (Å²) in [4.78, 5) is 9.86. The molecular weight excluding hydrogens is 149 g/mol. The molecule has 4 N–H and O–H groups in total. The van der Waals surface area contributed by atoms with E-state index in [-0.39, 0.29) is 52.8 Å². The first-order chi connectivity index (χ1) is 3.55. The van der Waals surface area contributed by atoms with Gasteiger partial charge >= 0.3 is 57.4 Å². The van der Waals surface area contributed by atoms with E-state index in [0.29, 0.717) is 0 Å². The first-order valence-electron chi connectivity index (χ1n) is 2.22. The summed E-state index contributed by atoms with van der Waals surface area (Å²) in [5, 5.41) is 16.6. The Morgan fingerprint density at radius 2 is 2.11 bits per heavy atom. The fourth-order valence-corrected chi connectivity index (χ4v) is 0.206. The van der Waals surface area contributed by atoms with E-state index in [1.807, 2.05) is 0 Å². The Bertz CT molecular complexity index is 101. The maximum Gasteiger partial charge on any atom is 1.00 e. The van der Waals surface area contributed by atoms with E-state index in [4.69, 9.17) is 15.9 Å². The summed E-state index contributed by atoms with van der Waals surface area (Å²) in [5.74, 6) is -1.18. The van der Waals surface area contributed by atoms with Crippen molar-refractivity contribution in [2.75, 3.05) is 0 Å². The van der Waals surface area contributed by atoms with Gasteiger partial charge in [-0.25, -0.2) is 0 Å². The molecule has 0 aliphatic heterocycles. The van der Waals surface area contributed by atoms with Crippen molar-refractivity contribution < 1.29 is 67.8 Å². The molecule has 0 aliphatic carbocycles. The molecule has 0 aromatic heterocycles. The third kappa shape index (κ3) is 5.47. The normalized spacial score (nSPS) is 15.4. The second-order valence-corrected chi connectivity index (χ2v) is 1.60. The van der Waals surface area contributed by atoms with Gasteiger partial charge in [-0.1, -0.05) is 0 Å². The zero-order valence-corrected chi connectivity index (χ0v) is 8.66. The summed E-state index contributed by atoms with van der Waals surface area (Å²) in [6.07, 6.45) is -0.979. The second kappa shape index (κ2) is 5.78. The molecular formula is C4H10KNO3. The second-order valence-electron chi connectivity index (χ2n) is 1.60. The quantitative estimate of drug-likeness (QED) is 0.358. The molecule has 0 aliphatic rings. The Labute approximate surface area is 97.3 Å². The third-order valence-corrected chi connectivity index (χ3v) is 0.805. The predicted octanol–water partition coefficient (Wildman–Crippen LogP) is -4.10. The number of aliphatic hydroxyl groups excluding tert-OH is 1. The standard InChI is InChI=1S/C4H9NO3.K.H/c1-2(6)3(5)4(7)8;;/h2-3,6H,5H2,1H3,(H,7,8);;/q;+1;-1/t2-,3+;;/m1../s1. The van der Waals surface area contributed by atoms with Crippen molar-refractivity contribution in [1.82, 2.24) is 0 Å². The Hall–Kier alpha value is 1.03. The molecule has 0 aromatic rings. The maximum absolute atomic E-state index is 9.86. The first-order valence-corrected chi connectivity index (χ1v) is 2.22. The van der Waals surface area contributed by atoms with Gasteiger partial charge in [0.05, 0.1) is 6.10 Å². The zero-order valence-electron chi connectivity index (χ0n) is 6.53. The van der Waals surface area contributed by atoms with Gasteiger partial charge in [-0.2, -0.15) is 0 Å². The molecule has 0 fully saturated rings. The van der Waals surface area contributed by atoms with Crippen LogP contribution in [0.15, 0.2) is 0 Å². The number of rotatable bonds is 2. The van der Waals surface area contributed by atoms with Crippen LogP contribution in [0.5, 0.6) is 0 Å². The number of aliphatic carboxylic acids is 1. The number of hydrogen-bond acceptors (Lipinski definition) is 3. The number of carbonyl (C=O) groups is 1.